The molecule has 0 atom stereocenters. The van der Waals surface area contributed by atoms with Crippen LogP contribution in [0, 0.1) is 5.92 Å². The minimum absolute atomic E-state index is 0.0977. The van der Waals surface area contributed by atoms with E-state index in [1.54, 1.807) is 12.1 Å². The summed E-state index contributed by atoms with van der Waals surface area (Å²) in [6.45, 7) is 6.77. The molecule has 0 aliphatic carbocycles. The summed E-state index contributed by atoms with van der Waals surface area (Å²) in [5, 5.41) is 3.37. The van der Waals surface area contributed by atoms with Crippen molar-refractivity contribution in [1.82, 2.24) is 20.0 Å². The van der Waals surface area contributed by atoms with E-state index in [9.17, 15) is 18.0 Å². The van der Waals surface area contributed by atoms with Crippen LogP contribution in [0.3, 0.4) is 0 Å². The number of aromatic nitrogens is 3. The Hall–Kier alpha value is -2.65. The summed E-state index contributed by atoms with van der Waals surface area (Å²) in [5.41, 5.74) is 0.341. The number of piperazine rings is 1. The summed E-state index contributed by atoms with van der Waals surface area (Å²) in [6, 6.07) is 3.33. The van der Waals surface area contributed by atoms with Gasteiger partial charge in [-0.2, -0.15) is 18.2 Å². The predicted molar refractivity (Wildman–Crippen MR) is 105 cm³/mol. The molecule has 2 aromatic rings. The summed E-state index contributed by atoms with van der Waals surface area (Å²) in [7, 11) is 0. The molecule has 0 aromatic carbocycles. The second kappa shape index (κ2) is 9.44. The molecule has 30 heavy (non-hydrogen) atoms. The molecular weight excluding hydrogens is 399 g/mol. The fourth-order valence-corrected chi connectivity index (χ4v) is 3.66. The Kier molecular flexibility index (Phi) is 6.94. The minimum atomic E-state index is -4.68. The number of hydrogen-bond acceptors (Lipinski definition) is 6. The van der Waals surface area contributed by atoms with Gasteiger partial charge >= 0.3 is 12.1 Å². The number of pyridine rings is 1. The fourth-order valence-electron chi connectivity index (χ4n) is 3.66. The van der Waals surface area contributed by atoms with Gasteiger partial charge in [-0.15, -0.1) is 0 Å². The third-order valence-electron chi connectivity index (χ3n) is 5.21. The van der Waals surface area contributed by atoms with Crippen LogP contribution in [-0.2, 0) is 11.0 Å². The van der Waals surface area contributed by atoms with E-state index in [0.717, 1.165) is 25.7 Å². The zero-order valence-corrected chi connectivity index (χ0v) is 17.2. The molecule has 1 aliphatic heterocycles. The number of anilines is 1. The van der Waals surface area contributed by atoms with E-state index in [0.29, 0.717) is 37.6 Å². The van der Waals surface area contributed by atoms with Crippen LogP contribution < -0.4 is 4.90 Å². The van der Waals surface area contributed by atoms with Crippen molar-refractivity contribution >= 4 is 11.7 Å². The number of alkyl halides is 3. The summed E-state index contributed by atoms with van der Waals surface area (Å²) in [4.78, 5) is 24.5. The average molecular weight is 425 g/mol. The standard InChI is InChI=1S/C20H26F3N5O2/c1-3-5-14(6-4-2)18(29)28-11-9-27(10-12-28)16-8-7-15(13-24-16)17-25-19(30-26-17)20(21,22)23/h7-8,13-14H,3-6,9-12H2,1-2H3. The Morgan fingerprint density at radius 2 is 1.80 bits per heavy atom. The van der Waals surface area contributed by atoms with Crippen molar-refractivity contribution in [2.45, 2.75) is 45.7 Å². The van der Waals surface area contributed by atoms with E-state index >= 15 is 0 Å². The van der Waals surface area contributed by atoms with Crippen LogP contribution >= 0.6 is 0 Å². The van der Waals surface area contributed by atoms with Gasteiger partial charge in [0.1, 0.15) is 5.82 Å². The number of nitrogens with zero attached hydrogens (tertiary/aromatic N) is 5. The van der Waals surface area contributed by atoms with Gasteiger partial charge in [0.25, 0.3) is 0 Å². The lowest BCUT2D eigenvalue weighted by Crippen LogP contribution is -2.50. The van der Waals surface area contributed by atoms with Crippen molar-refractivity contribution < 1.29 is 22.5 Å². The van der Waals surface area contributed by atoms with E-state index in [1.807, 2.05) is 4.90 Å². The highest BCUT2D eigenvalue weighted by molar-refractivity contribution is 5.79. The molecule has 0 spiro atoms. The maximum atomic E-state index is 12.8. The molecule has 0 bridgehead atoms. The van der Waals surface area contributed by atoms with E-state index in [4.69, 9.17) is 0 Å². The Morgan fingerprint density at radius 1 is 1.13 bits per heavy atom. The molecule has 10 heteroatoms. The van der Waals surface area contributed by atoms with Gasteiger partial charge in [-0.3, -0.25) is 4.79 Å². The van der Waals surface area contributed by atoms with Crippen LogP contribution in [0.2, 0.25) is 0 Å². The van der Waals surface area contributed by atoms with Gasteiger partial charge in [0, 0.05) is 43.9 Å². The SMILES string of the molecule is CCCC(CCC)C(=O)N1CCN(c2ccc(-c3noc(C(F)(F)F)n3)cn2)CC1. The molecule has 1 amide bonds. The monoisotopic (exact) mass is 425 g/mol. The van der Waals surface area contributed by atoms with Crippen LogP contribution in [0.25, 0.3) is 11.4 Å². The first-order valence-electron chi connectivity index (χ1n) is 10.2. The summed E-state index contributed by atoms with van der Waals surface area (Å²) >= 11 is 0. The van der Waals surface area contributed by atoms with E-state index in [2.05, 4.69) is 38.4 Å². The topological polar surface area (TPSA) is 75.4 Å². The van der Waals surface area contributed by atoms with Crippen LogP contribution in [0.1, 0.15) is 45.4 Å². The molecule has 3 rings (SSSR count). The normalized spacial score (nSPS) is 15.1. The van der Waals surface area contributed by atoms with Gasteiger partial charge < -0.3 is 14.3 Å². The molecule has 7 nitrogen and oxygen atoms in total. The van der Waals surface area contributed by atoms with Crippen molar-refractivity contribution in [3.63, 3.8) is 0 Å². The van der Waals surface area contributed by atoms with Crippen molar-refractivity contribution in [2.24, 2.45) is 5.92 Å². The number of halogens is 3. The van der Waals surface area contributed by atoms with Crippen LogP contribution in [0.4, 0.5) is 19.0 Å². The maximum Gasteiger partial charge on any atom is 0.471 e. The van der Waals surface area contributed by atoms with Crippen molar-refractivity contribution in [3.8, 4) is 11.4 Å². The van der Waals surface area contributed by atoms with Crippen LogP contribution in [0.15, 0.2) is 22.9 Å². The quantitative estimate of drug-likeness (QED) is 0.667. The van der Waals surface area contributed by atoms with Gasteiger partial charge in [0.15, 0.2) is 0 Å². The molecule has 2 aromatic heterocycles. The summed E-state index contributed by atoms with van der Waals surface area (Å²) in [5.74, 6) is -0.509. The molecule has 0 N–H and O–H groups in total. The highest BCUT2D eigenvalue weighted by atomic mass is 19.4. The third kappa shape index (κ3) is 5.09. The lowest BCUT2D eigenvalue weighted by Gasteiger charge is -2.37. The van der Waals surface area contributed by atoms with Gasteiger partial charge in [-0.1, -0.05) is 31.8 Å². The smallest absolute Gasteiger partial charge is 0.353 e. The van der Waals surface area contributed by atoms with Crippen molar-refractivity contribution in [2.75, 3.05) is 31.1 Å². The highest BCUT2D eigenvalue weighted by Gasteiger charge is 2.38. The highest BCUT2D eigenvalue weighted by Crippen LogP contribution is 2.29. The molecule has 0 unspecified atom stereocenters. The van der Waals surface area contributed by atoms with Crippen molar-refractivity contribution in [3.05, 3.63) is 24.2 Å². The molecule has 1 saturated heterocycles. The lowest BCUT2D eigenvalue weighted by molar-refractivity contribution is -0.159. The Labute approximate surface area is 173 Å². The molecule has 0 radical (unpaired) electrons. The van der Waals surface area contributed by atoms with Crippen molar-refractivity contribution in [1.29, 1.82) is 0 Å². The Morgan fingerprint density at radius 3 is 2.30 bits per heavy atom. The second-order valence-corrected chi connectivity index (χ2v) is 7.41. The molecular formula is C20H26F3N5O2. The average Bonchev–Trinajstić information content (AvgIpc) is 3.24. The van der Waals surface area contributed by atoms with E-state index < -0.39 is 12.1 Å². The van der Waals surface area contributed by atoms with E-state index in [-0.39, 0.29) is 17.6 Å². The first-order valence-corrected chi connectivity index (χ1v) is 10.2. The third-order valence-corrected chi connectivity index (χ3v) is 5.21. The summed E-state index contributed by atoms with van der Waals surface area (Å²) in [6.07, 6.45) is 0.582. The Balaban J connectivity index is 1.59. The van der Waals surface area contributed by atoms with Crippen LogP contribution in [0.5, 0.6) is 0 Å². The molecule has 1 fully saturated rings. The maximum absolute atomic E-state index is 12.8. The van der Waals surface area contributed by atoms with Gasteiger partial charge in [0.2, 0.25) is 11.7 Å². The first kappa shape index (κ1) is 22.0. The number of amides is 1. The molecule has 1 aliphatic rings. The van der Waals surface area contributed by atoms with Gasteiger partial charge in [-0.05, 0) is 25.0 Å². The number of carbonyl (C=O) groups is 1. The Bertz CT molecular complexity index is 824. The summed E-state index contributed by atoms with van der Waals surface area (Å²) < 4.78 is 42.1. The lowest BCUT2D eigenvalue weighted by atomic mass is 9.96. The molecule has 164 valence electrons. The van der Waals surface area contributed by atoms with Crippen LogP contribution in [-0.4, -0.2) is 52.1 Å². The second-order valence-electron chi connectivity index (χ2n) is 7.41. The first-order chi connectivity index (χ1) is 14.3. The predicted octanol–water partition coefficient (Wildman–Crippen LogP) is 4.02. The minimum Gasteiger partial charge on any atom is -0.353 e. The zero-order valence-electron chi connectivity index (χ0n) is 17.2. The van der Waals surface area contributed by atoms with Gasteiger partial charge in [0.05, 0.1) is 0 Å². The molecule has 0 saturated carbocycles. The zero-order chi connectivity index (χ0) is 21.7. The van der Waals surface area contributed by atoms with E-state index in [1.165, 1.54) is 6.20 Å². The number of carbonyl (C=O) groups excluding carboxylic acids is 1. The number of hydrogen-bond donors (Lipinski definition) is 0. The number of rotatable bonds is 7. The molecule has 3 heterocycles. The largest absolute Gasteiger partial charge is 0.471 e. The fraction of sp³-hybridized carbons (Fsp3) is 0.600. The van der Waals surface area contributed by atoms with Gasteiger partial charge in [-0.25, -0.2) is 4.98 Å².